The molecular formula is C27H27NO3S. The molecule has 0 aromatic heterocycles. The summed E-state index contributed by atoms with van der Waals surface area (Å²) < 4.78 is 26.5. The first kappa shape index (κ1) is 21.0. The summed E-state index contributed by atoms with van der Waals surface area (Å²) in [6.07, 6.45) is 2.76. The van der Waals surface area contributed by atoms with E-state index >= 15 is 0 Å². The largest absolute Gasteiger partial charge is 0.336 e. The number of nitrogens with zero attached hydrogens (tertiary/aromatic N) is 1. The molecule has 0 saturated carbocycles. The third-order valence-corrected chi connectivity index (χ3v) is 9.16. The third kappa shape index (κ3) is 3.75. The van der Waals surface area contributed by atoms with Crippen LogP contribution in [0.25, 0.3) is 0 Å². The molecule has 1 amide bonds. The molecule has 2 fully saturated rings. The second kappa shape index (κ2) is 8.55. The van der Waals surface area contributed by atoms with E-state index in [1.165, 1.54) is 0 Å². The van der Waals surface area contributed by atoms with Crippen LogP contribution in [0.1, 0.15) is 42.7 Å². The summed E-state index contributed by atoms with van der Waals surface area (Å²) in [5.41, 5.74) is 1.95. The van der Waals surface area contributed by atoms with E-state index in [9.17, 15) is 13.2 Å². The van der Waals surface area contributed by atoms with Gasteiger partial charge in [-0.15, -0.1) is 0 Å². The topological polar surface area (TPSA) is 54.5 Å². The van der Waals surface area contributed by atoms with Crippen molar-refractivity contribution < 1.29 is 13.2 Å². The molecule has 2 aliphatic rings. The minimum absolute atomic E-state index is 0.0281. The zero-order valence-corrected chi connectivity index (χ0v) is 18.7. The van der Waals surface area contributed by atoms with Crippen molar-refractivity contribution in [1.82, 2.24) is 4.90 Å². The van der Waals surface area contributed by atoms with Gasteiger partial charge in [-0.2, -0.15) is 0 Å². The molecule has 3 aromatic carbocycles. The molecule has 164 valence electrons. The Morgan fingerprint density at radius 1 is 0.719 bits per heavy atom. The number of hydrogen-bond acceptors (Lipinski definition) is 3. The smallest absolute Gasteiger partial charge is 0.235 e. The molecule has 0 unspecified atom stereocenters. The summed E-state index contributed by atoms with van der Waals surface area (Å²) in [4.78, 5) is 16.4. The van der Waals surface area contributed by atoms with Gasteiger partial charge in [-0.25, -0.2) is 8.42 Å². The first-order valence-corrected chi connectivity index (χ1v) is 12.8. The van der Waals surface area contributed by atoms with E-state index in [1.807, 2.05) is 71.6 Å². The van der Waals surface area contributed by atoms with Crippen LogP contribution in [0.3, 0.4) is 0 Å². The van der Waals surface area contributed by atoms with E-state index in [0.29, 0.717) is 17.7 Å². The van der Waals surface area contributed by atoms with Crippen molar-refractivity contribution in [2.45, 2.75) is 53.8 Å². The lowest BCUT2D eigenvalue weighted by Crippen LogP contribution is -2.51. The van der Waals surface area contributed by atoms with Crippen LogP contribution in [0.4, 0.5) is 0 Å². The van der Waals surface area contributed by atoms with Gasteiger partial charge in [0.15, 0.2) is 9.84 Å². The predicted molar refractivity (Wildman–Crippen MR) is 125 cm³/mol. The average molecular weight is 446 g/mol. The van der Waals surface area contributed by atoms with E-state index < -0.39 is 15.1 Å². The molecule has 0 aliphatic carbocycles. The summed E-state index contributed by atoms with van der Waals surface area (Å²) >= 11 is 0. The maximum Gasteiger partial charge on any atom is 0.235 e. The zero-order chi connectivity index (χ0) is 22.1. The monoisotopic (exact) mass is 445 g/mol. The molecule has 3 aromatic rings. The van der Waals surface area contributed by atoms with Crippen LogP contribution in [0.15, 0.2) is 95.9 Å². The Kier molecular flexibility index (Phi) is 5.60. The highest BCUT2D eigenvalue weighted by molar-refractivity contribution is 7.92. The lowest BCUT2D eigenvalue weighted by atomic mass is 9.88. The maximum atomic E-state index is 14.0. The van der Waals surface area contributed by atoms with Gasteiger partial charge in [0.05, 0.1) is 16.1 Å². The lowest BCUT2D eigenvalue weighted by Gasteiger charge is -2.40. The molecule has 4 nitrogen and oxygen atoms in total. The highest BCUT2D eigenvalue weighted by atomic mass is 32.2. The number of rotatable bonds is 5. The van der Waals surface area contributed by atoms with Gasteiger partial charge in [0.1, 0.15) is 0 Å². The molecule has 0 spiro atoms. The molecule has 0 radical (unpaired) electrons. The molecular weight excluding hydrogens is 418 g/mol. The lowest BCUT2D eigenvalue weighted by molar-refractivity contribution is -0.136. The van der Waals surface area contributed by atoms with Gasteiger partial charge in [-0.3, -0.25) is 4.79 Å². The van der Waals surface area contributed by atoms with Crippen LogP contribution in [-0.2, 0) is 14.6 Å². The summed E-state index contributed by atoms with van der Waals surface area (Å²) in [5, 5.41) is -0.432. The number of carbonyl (C=O) groups excluding carboxylic acids is 1. The minimum Gasteiger partial charge on any atom is -0.336 e. The van der Waals surface area contributed by atoms with Gasteiger partial charge in [-0.05, 0) is 48.9 Å². The third-order valence-electron chi connectivity index (χ3n) is 6.97. The van der Waals surface area contributed by atoms with Crippen LogP contribution in [0.2, 0.25) is 0 Å². The second-order valence-corrected chi connectivity index (χ2v) is 11.1. The molecule has 2 heterocycles. The first-order valence-electron chi connectivity index (χ1n) is 11.3. The first-order chi connectivity index (χ1) is 15.6. The van der Waals surface area contributed by atoms with Gasteiger partial charge in [0.25, 0.3) is 0 Å². The van der Waals surface area contributed by atoms with E-state index in [0.717, 1.165) is 24.0 Å². The zero-order valence-electron chi connectivity index (χ0n) is 17.9. The molecule has 2 bridgehead atoms. The summed E-state index contributed by atoms with van der Waals surface area (Å²) in [6.45, 7) is 0. The Bertz CT molecular complexity index is 1130. The van der Waals surface area contributed by atoms with Crippen LogP contribution < -0.4 is 0 Å². The quantitative estimate of drug-likeness (QED) is 0.566. The molecule has 5 heteroatoms. The van der Waals surface area contributed by atoms with Crippen molar-refractivity contribution in [3.63, 3.8) is 0 Å². The fourth-order valence-electron chi connectivity index (χ4n) is 5.46. The number of benzene rings is 3. The van der Waals surface area contributed by atoms with Gasteiger partial charge in [0.2, 0.25) is 5.91 Å². The maximum absolute atomic E-state index is 14.0. The number of carbonyl (C=O) groups is 1. The van der Waals surface area contributed by atoms with E-state index in [1.54, 1.807) is 24.3 Å². The number of hydrogen-bond donors (Lipinski definition) is 0. The Morgan fingerprint density at radius 2 is 1.16 bits per heavy atom. The highest BCUT2D eigenvalue weighted by Crippen LogP contribution is 2.42. The normalized spacial score (nSPS) is 22.8. The molecule has 0 N–H and O–H groups in total. The summed E-state index contributed by atoms with van der Waals surface area (Å²) in [7, 11) is -3.40. The Labute approximate surface area is 189 Å². The van der Waals surface area contributed by atoms with E-state index in [2.05, 4.69) is 0 Å². The van der Waals surface area contributed by atoms with Crippen molar-refractivity contribution in [1.29, 1.82) is 0 Å². The molecule has 2 atom stereocenters. The summed E-state index contributed by atoms with van der Waals surface area (Å²) in [6, 6.07) is 28.5. The van der Waals surface area contributed by atoms with Crippen molar-refractivity contribution in [2.75, 3.05) is 0 Å². The SMILES string of the molecule is O=C(C(c1ccccc1)c1ccccc1)N1[C@H]2CC[C@H]1CC(S(=O)(=O)c1ccccc1)C2. The van der Waals surface area contributed by atoms with Crippen LogP contribution in [0, 0.1) is 0 Å². The molecule has 2 aliphatic heterocycles. The van der Waals surface area contributed by atoms with E-state index in [4.69, 9.17) is 0 Å². The minimum atomic E-state index is -3.40. The van der Waals surface area contributed by atoms with Crippen LogP contribution in [-0.4, -0.2) is 36.6 Å². The fraction of sp³-hybridized carbons (Fsp3) is 0.296. The van der Waals surface area contributed by atoms with Crippen molar-refractivity contribution in [2.24, 2.45) is 0 Å². The predicted octanol–water partition coefficient (Wildman–Crippen LogP) is 4.81. The van der Waals surface area contributed by atoms with Crippen molar-refractivity contribution in [3.05, 3.63) is 102 Å². The molecule has 5 rings (SSSR count). The van der Waals surface area contributed by atoms with Gasteiger partial charge >= 0.3 is 0 Å². The number of sulfone groups is 1. The second-order valence-electron chi connectivity index (χ2n) is 8.84. The molecule has 32 heavy (non-hydrogen) atoms. The number of piperidine rings is 1. The fourth-order valence-corrected chi connectivity index (χ4v) is 7.33. The van der Waals surface area contributed by atoms with Crippen LogP contribution in [0.5, 0.6) is 0 Å². The van der Waals surface area contributed by atoms with Crippen molar-refractivity contribution >= 4 is 15.7 Å². The van der Waals surface area contributed by atoms with Crippen LogP contribution >= 0.6 is 0 Å². The Morgan fingerprint density at radius 3 is 1.62 bits per heavy atom. The van der Waals surface area contributed by atoms with Crippen molar-refractivity contribution in [3.8, 4) is 0 Å². The van der Waals surface area contributed by atoms with E-state index in [-0.39, 0.29) is 23.9 Å². The van der Waals surface area contributed by atoms with Gasteiger partial charge in [0, 0.05) is 12.1 Å². The number of amides is 1. The molecule has 2 saturated heterocycles. The van der Waals surface area contributed by atoms with Gasteiger partial charge in [-0.1, -0.05) is 78.9 Å². The Balaban J connectivity index is 1.44. The summed E-state index contributed by atoms with van der Waals surface area (Å²) in [5.74, 6) is -0.284. The standard InChI is InChI=1S/C27H27NO3S/c29-27(26(20-10-4-1-5-11-20)21-12-6-2-7-13-21)28-22-16-17-23(28)19-25(18-22)32(30,31)24-14-8-3-9-15-24/h1-15,22-23,25-26H,16-19H2/t22-,23-/m0/s1. The highest BCUT2D eigenvalue weighted by Gasteiger charge is 2.48. The number of fused-ring (bicyclic) bond motifs is 2. The average Bonchev–Trinajstić information content (AvgIpc) is 3.10. The Hall–Kier alpha value is -2.92. The van der Waals surface area contributed by atoms with Gasteiger partial charge < -0.3 is 4.90 Å².